The number of nitrogens with one attached hydrogen (secondary N) is 2. The van der Waals surface area contributed by atoms with E-state index >= 15 is 0 Å². The lowest BCUT2D eigenvalue weighted by molar-refractivity contribution is 0.0601. The monoisotopic (exact) mass is 282 g/mol. The highest BCUT2D eigenvalue weighted by Gasteiger charge is 2.03. The molecular weight excluding hydrogens is 272 g/mol. The van der Waals surface area contributed by atoms with Crippen LogP contribution in [0.3, 0.4) is 0 Å². The van der Waals surface area contributed by atoms with Gasteiger partial charge in [0.15, 0.2) is 0 Å². The number of ether oxygens (including phenoxy) is 1. The van der Waals surface area contributed by atoms with E-state index in [1.54, 1.807) is 30.5 Å². The second-order valence-electron chi connectivity index (χ2n) is 2.89. The Labute approximate surface area is 102 Å². The van der Waals surface area contributed by atoms with Gasteiger partial charge in [-0.05, 0) is 40.2 Å². The highest BCUT2D eigenvalue weighted by Crippen LogP contribution is 2.11. The first-order valence-corrected chi connectivity index (χ1v) is 5.27. The van der Waals surface area contributed by atoms with Gasteiger partial charge in [-0.1, -0.05) is 0 Å². The van der Waals surface area contributed by atoms with Crippen LogP contribution in [0.2, 0.25) is 0 Å². The molecule has 0 saturated heterocycles. The summed E-state index contributed by atoms with van der Waals surface area (Å²) in [7, 11) is 1.35. The first-order chi connectivity index (χ1) is 7.67. The second kappa shape index (κ2) is 6.07. The van der Waals surface area contributed by atoms with E-state index in [-0.39, 0.29) is 5.97 Å². The normalized spacial score (nSPS) is 10.8. The zero-order valence-electron chi connectivity index (χ0n) is 8.66. The van der Waals surface area contributed by atoms with Crippen molar-refractivity contribution in [2.45, 2.75) is 0 Å². The fraction of sp³-hybridized carbons (Fsp3) is 0.0909. The summed E-state index contributed by atoms with van der Waals surface area (Å²) in [6, 6.07) is 6.85. The molecule has 0 spiro atoms. The largest absolute Gasteiger partial charge is 0.465 e. The summed E-state index contributed by atoms with van der Waals surface area (Å²) in [6.07, 6.45) is 2.82. The van der Waals surface area contributed by atoms with Crippen LogP contribution in [-0.4, -0.2) is 19.3 Å². The molecule has 0 saturated carbocycles. The number of rotatable bonds is 4. The summed E-state index contributed by atoms with van der Waals surface area (Å²) < 4.78 is 5.21. The minimum atomic E-state index is -0.359. The molecule has 0 radical (unpaired) electrons. The molecule has 0 unspecified atom stereocenters. The average molecular weight is 283 g/mol. The van der Waals surface area contributed by atoms with Gasteiger partial charge in [-0.15, -0.1) is 0 Å². The Kier molecular flexibility index (Phi) is 4.72. The standard InChI is InChI=1S/C11H11BrN2O2/c1-16-11(15)8-2-4-10(5-3-8)14-7-9(12)6-13/h2-7,13-14H,1H3/b9-7+,13-6?. The van der Waals surface area contributed by atoms with Crippen molar-refractivity contribution in [3.63, 3.8) is 0 Å². The molecular formula is C11H11BrN2O2. The molecule has 0 aromatic heterocycles. The summed E-state index contributed by atoms with van der Waals surface area (Å²) in [5, 5.41) is 9.92. The molecule has 0 bridgehead atoms. The maximum Gasteiger partial charge on any atom is 0.337 e. The number of methoxy groups -OCH3 is 1. The van der Waals surface area contributed by atoms with Gasteiger partial charge in [-0.25, -0.2) is 4.79 Å². The SMILES string of the molecule is COC(=O)c1ccc(N/C=C(/Br)C=N)cc1. The molecule has 1 rings (SSSR count). The Hall–Kier alpha value is -1.62. The molecule has 0 atom stereocenters. The van der Waals surface area contributed by atoms with Crippen LogP contribution in [0.25, 0.3) is 0 Å². The van der Waals surface area contributed by atoms with Gasteiger partial charge in [0, 0.05) is 18.1 Å². The molecule has 16 heavy (non-hydrogen) atoms. The molecule has 0 aliphatic carbocycles. The summed E-state index contributed by atoms with van der Waals surface area (Å²) >= 11 is 3.16. The average Bonchev–Trinajstić information content (AvgIpc) is 2.35. The van der Waals surface area contributed by atoms with Crippen molar-refractivity contribution in [3.05, 3.63) is 40.5 Å². The quantitative estimate of drug-likeness (QED) is 0.659. The lowest BCUT2D eigenvalue weighted by atomic mass is 10.2. The van der Waals surface area contributed by atoms with Gasteiger partial charge in [-0.3, -0.25) is 0 Å². The van der Waals surface area contributed by atoms with Crippen LogP contribution < -0.4 is 5.32 Å². The van der Waals surface area contributed by atoms with Gasteiger partial charge in [0.05, 0.1) is 17.2 Å². The van der Waals surface area contributed by atoms with E-state index in [4.69, 9.17) is 5.41 Å². The van der Waals surface area contributed by atoms with Crippen LogP contribution in [0.15, 0.2) is 34.9 Å². The first kappa shape index (κ1) is 12.4. The minimum absolute atomic E-state index is 0.359. The summed E-state index contributed by atoms with van der Waals surface area (Å²) in [4.78, 5) is 11.1. The Morgan fingerprint density at radius 1 is 1.44 bits per heavy atom. The molecule has 0 aliphatic heterocycles. The third-order valence-electron chi connectivity index (χ3n) is 1.82. The number of esters is 1. The Balaban J connectivity index is 2.72. The molecule has 0 heterocycles. The number of anilines is 1. The van der Waals surface area contributed by atoms with Crippen LogP contribution in [0.4, 0.5) is 5.69 Å². The van der Waals surface area contributed by atoms with Crippen molar-refractivity contribution in [1.29, 1.82) is 5.41 Å². The molecule has 0 fully saturated rings. The first-order valence-electron chi connectivity index (χ1n) is 4.48. The van der Waals surface area contributed by atoms with Gasteiger partial charge in [0.1, 0.15) is 0 Å². The minimum Gasteiger partial charge on any atom is -0.465 e. The molecule has 1 aromatic rings. The molecule has 5 heteroatoms. The number of hydrogen-bond donors (Lipinski definition) is 2. The van der Waals surface area contributed by atoms with Crippen LogP contribution >= 0.6 is 15.9 Å². The Bertz CT molecular complexity index is 412. The highest BCUT2D eigenvalue weighted by atomic mass is 79.9. The van der Waals surface area contributed by atoms with Crippen molar-refractivity contribution in [1.82, 2.24) is 0 Å². The molecule has 1 aromatic carbocycles. The van der Waals surface area contributed by atoms with E-state index in [1.165, 1.54) is 13.3 Å². The van der Waals surface area contributed by atoms with E-state index < -0.39 is 0 Å². The maximum atomic E-state index is 11.1. The highest BCUT2D eigenvalue weighted by molar-refractivity contribution is 9.12. The zero-order valence-corrected chi connectivity index (χ0v) is 10.2. The lowest BCUT2D eigenvalue weighted by Gasteiger charge is -2.02. The number of halogens is 1. The van der Waals surface area contributed by atoms with Crippen LogP contribution in [0.5, 0.6) is 0 Å². The maximum absolute atomic E-state index is 11.1. The summed E-state index contributed by atoms with van der Waals surface area (Å²) in [6.45, 7) is 0. The molecule has 0 aliphatic rings. The van der Waals surface area contributed by atoms with Gasteiger partial charge < -0.3 is 15.5 Å². The smallest absolute Gasteiger partial charge is 0.337 e. The van der Waals surface area contributed by atoms with E-state index in [9.17, 15) is 4.79 Å². The van der Waals surface area contributed by atoms with Gasteiger partial charge >= 0.3 is 5.97 Å². The van der Waals surface area contributed by atoms with E-state index in [2.05, 4.69) is 26.0 Å². The Morgan fingerprint density at radius 3 is 2.56 bits per heavy atom. The van der Waals surface area contributed by atoms with Crippen LogP contribution in [-0.2, 0) is 4.74 Å². The number of carbonyl (C=O) groups excluding carboxylic acids is 1. The summed E-state index contributed by atoms with van der Waals surface area (Å²) in [5.41, 5.74) is 1.33. The third kappa shape index (κ3) is 3.51. The molecule has 84 valence electrons. The second-order valence-corrected chi connectivity index (χ2v) is 3.80. The van der Waals surface area contributed by atoms with E-state index in [0.29, 0.717) is 10.0 Å². The number of benzene rings is 1. The van der Waals surface area contributed by atoms with Crippen molar-refractivity contribution >= 4 is 33.8 Å². The van der Waals surface area contributed by atoms with E-state index in [1.807, 2.05) is 0 Å². The third-order valence-corrected chi connectivity index (χ3v) is 2.28. The van der Waals surface area contributed by atoms with Crippen molar-refractivity contribution in [2.24, 2.45) is 0 Å². The van der Waals surface area contributed by atoms with Crippen molar-refractivity contribution < 1.29 is 9.53 Å². The fourth-order valence-electron chi connectivity index (χ4n) is 1.01. The lowest BCUT2D eigenvalue weighted by Crippen LogP contribution is -2.00. The Morgan fingerprint density at radius 2 is 2.06 bits per heavy atom. The van der Waals surface area contributed by atoms with Gasteiger partial charge in [0.2, 0.25) is 0 Å². The van der Waals surface area contributed by atoms with E-state index in [0.717, 1.165) is 5.69 Å². The molecule has 2 N–H and O–H groups in total. The topological polar surface area (TPSA) is 62.2 Å². The van der Waals surface area contributed by atoms with Gasteiger partial charge in [0.25, 0.3) is 0 Å². The fourth-order valence-corrected chi connectivity index (χ4v) is 1.13. The predicted molar refractivity (Wildman–Crippen MR) is 67.2 cm³/mol. The molecule has 4 nitrogen and oxygen atoms in total. The number of allylic oxidation sites excluding steroid dienone is 1. The van der Waals surface area contributed by atoms with Crippen LogP contribution in [0.1, 0.15) is 10.4 Å². The van der Waals surface area contributed by atoms with Crippen molar-refractivity contribution in [3.8, 4) is 0 Å². The van der Waals surface area contributed by atoms with Crippen LogP contribution in [0, 0.1) is 5.41 Å². The number of hydrogen-bond acceptors (Lipinski definition) is 4. The van der Waals surface area contributed by atoms with Gasteiger partial charge in [-0.2, -0.15) is 0 Å². The van der Waals surface area contributed by atoms with Crippen molar-refractivity contribution in [2.75, 3.05) is 12.4 Å². The molecule has 0 amide bonds. The summed E-state index contributed by atoms with van der Waals surface area (Å²) in [5.74, 6) is -0.359. The predicted octanol–water partition coefficient (Wildman–Crippen LogP) is 2.77. The zero-order chi connectivity index (χ0) is 12.0. The number of carbonyl (C=O) groups is 1.